The molecule has 0 amide bonds. The molecular formula is C23H35ClN2OS. The van der Waals surface area contributed by atoms with Gasteiger partial charge in [0, 0.05) is 16.0 Å². The number of fused-ring (bicyclic) bond motifs is 1. The van der Waals surface area contributed by atoms with Gasteiger partial charge in [-0.2, -0.15) is 5.26 Å². The summed E-state index contributed by atoms with van der Waals surface area (Å²) in [6, 6.07) is 2.38. The molecule has 156 valence electrons. The second-order valence-corrected chi connectivity index (χ2v) is 14.9. The van der Waals surface area contributed by atoms with E-state index in [0.29, 0.717) is 16.6 Å². The topological polar surface area (TPSA) is 45.9 Å². The second-order valence-electron chi connectivity index (χ2n) is 10.6. The highest BCUT2D eigenvalue weighted by atomic mass is 35.5. The van der Waals surface area contributed by atoms with E-state index < -0.39 is 10.3 Å². The van der Waals surface area contributed by atoms with Crippen molar-refractivity contribution < 1.29 is 4.18 Å². The van der Waals surface area contributed by atoms with E-state index in [9.17, 15) is 5.26 Å². The van der Waals surface area contributed by atoms with Crippen LogP contribution in [-0.2, 0) is 10.6 Å². The summed E-state index contributed by atoms with van der Waals surface area (Å²) in [6.45, 7) is 11.4. The third-order valence-electron chi connectivity index (χ3n) is 6.72. The van der Waals surface area contributed by atoms with Gasteiger partial charge < -0.3 is 4.18 Å². The van der Waals surface area contributed by atoms with Gasteiger partial charge in [-0.05, 0) is 55.1 Å². The Hall–Kier alpha value is -0.760. The van der Waals surface area contributed by atoms with Gasteiger partial charge in [-0.1, -0.05) is 59.1 Å². The monoisotopic (exact) mass is 422 g/mol. The third-order valence-corrected chi connectivity index (χ3v) is 10.7. The molecular weight excluding hydrogens is 388 g/mol. The first-order chi connectivity index (χ1) is 12.9. The minimum Gasteiger partial charge on any atom is -0.329 e. The zero-order valence-corrected chi connectivity index (χ0v) is 20.1. The van der Waals surface area contributed by atoms with Crippen LogP contribution in [0.1, 0.15) is 101 Å². The molecule has 1 unspecified atom stereocenters. The maximum atomic E-state index is 9.90. The van der Waals surface area contributed by atoms with E-state index in [2.05, 4.69) is 53.2 Å². The van der Waals surface area contributed by atoms with Crippen LogP contribution in [0, 0.1) is 16.7 Å². The zero-order chi connectivity index (χ0) is 20.9. The van der Waals surface area contributed by atoms with E-state index >= 15 is 0 Å². The second kappa shape index (κ2) is 7.49. The average Bonchev–Trinajstić information content (AvgIpc) is 3.04. The van der Waals surface area contributed by atoms with E-state index in [1.54, 1.807) is 0 Å². The Kier molecular flexibility index (Phi) is 5.87. The van der Waals surface area contributed by atoms with Gasteiger partial charge >= 0.3 is 0 Å². The van der Waals surface area contributed by atoms with Crippen LogP contribution < -0.4 is 0 Å². The Morgan fingerprint density at radius 1 is 1.18 bits per heavy atom. The number of nitriles is 1. The summed E-state index contributed by atoms with van der Waals surface area (Å²) in [5.41, 5.74) is 4.08. The number of rotatable bonds is 3. The molecule has 2 aliphatic rings. The molecule has 1 heterocycles. The molecule has 0 saturated heterocycles. The largest absolute Gasteiger partial charge is 0.329 e. The van der Waals surface area contributed by atoms with Crippen molar-refractivity contribution in [3.63, 3.8) is 0 Å². The Labute approximate surface area is 177 Å². The van der Waals surface area contributed by atoms with Gasteiger partial charge in [0.1, 0.15) is 11.2 Å². The number of pyridine rings is 1. The van der Waals surface area contributed by atoms with E-state index in [0.717, 1.165) is 36.9 Å². The predicted octanol–water partition coefficient (Wildman–Crippen LogP) is 7.07. The van der Waals surface area contributed by atoms with Gasteiger partial charge in [0.25, 0.3) is 0 Å². The summed E-state index contributed by atoms with van der Waals surface area (Å²) in [7, 11) is -1.30. The first-order valence-electron chi connectivity index (χ1n) is 10.4. The van der Waals surface area contributed by atoms with E-state index in [1.165, 1.54) is 18.4 Å². The lowest BCUT2D eigenvalue weighted by atomic mass is 9.72. The van der Waals surface area contributed by atoms with Gasteiger partial charge in [-0.15, -0.1) is 10.3 Å². The van der Waals surface area contributed by atoms with Gasteiger partial charge in [-0.25, -0.2) is 4.98 Å². The van der Waals surface area contributed by atoms with Crippen molar-refractivity contribution in [1.29, 1.82) is 5.26 Å². The number of aromatic nitrogens is 1. The van der Waals surface area contributed by atoms with Crippen molar-refractivity contribution in [3.05, 3.63) is 27.5 Å². The molecule has 1 saturated carbocycles. The summed E-state index contributed by atoms with van der Waals surface area (Å²) < 4.78 is 7.02. The van der Waals surface area contributed by atoms with Crippen molar-refractivity contribution in [2.45, 2.75) is 89.9 Å². The number of hydrogen-bond acceptors (Lipinski definition) is 3. The average molecular weight is 423 g/mol. The normalized spacial score (nSPS) is 23.3. The van der Waals surface area contributed by atoms with Gasteiger partial charge in [-0.3, -0.25) is 0 Å². The van der Waals surface area contributed by atoms with Crippen molar-refractivity contribution in [1.82, 2.24) is 4.98 Å². The van der Waals surface area contributed by atoms with Crippen LogP contribution in [0.3, 0.4) is 0 Å². The summed E-state index contributed by atoms with van der Waals surface area (Å²) in [6.07, 6.45) is 11.1. The summed E-state index contributed by atoms with van der Waals surface area (Å²) >= 11 is 6.52. The van der Waals surface area contributed by atoms with E-state index in [4.69, 9.17) is 20.8 Å². The molecule has 1 atom stereocenters. The van der Waals surface area contributed by atoms with Gasteiger partial charge in [0.15, 0.2) is 0 Å². The molecule has 0 aromatic carbocycles. The fraction of sp³-hybridized carbons (Fsp3) is 0.739. The molecule has 0 N–H and O–H groups in total. The quantitative estimate of drug-likeness (QED) is 0.489. The predicted molar refractivity (Wildman–Crippen MR) is 120 cm³/mol. The van der Waals surface area contributed by atoms with Crippen molar-refractivity contribution in [2.75, 3.05) is 12.5 Å². The van der Waals surface area contributed by atoms with Crippen LogP contribution in [0.4, 0.5) is 0 Å². The van der Waals surface area contributed by atoms with Crippen LogP contribution in [0.15, 0.2) is 0 Å². The van der Waals surface area contributed by atoms with E-state index in [-0.39, 0.29) is 16.3 Å². The van der Waals surface area contributed by atoms with Crippen molar-refractivity contribution in [2.24, 2.45) is 5.41 Å². The summed E-state index contributed by atoms with van der Waals surface area (Å²) in [5.74, 6) is 0.406. The number of hydrogen-bond donors (Lipinski definition) is 0. The smallest absolute Gasteiger partial charge is 0.147 e. The van der Waals surface area contributed by atoms with Crippen LogP contribution in [0.5, 0.6) is 0 Å². The number of halogens is 1. The zero-order valence-electron chi connectivity index (χ0n) is 18.5. The molecule has 0 aliphatic heterocycles. The standard InChI is InChI=1S/C23H35ClN2OS/c1-22(2,3)28(6,7)27-18-13-23(4,5)12-17-20(18)19(15-10-8-9-11-15)16(14-25)21(24)26-17/h15,18H,8-13H2,1-7H3. The highest BCUT2D eigenvalue weighted by Crippen LogP contribution is 2.60. The fourth-order valence-corrected chi connectivity index (χ4v) is 5.80. The lowest BCUT2D eigenvalue weighted by molar-refractivity contribution is 0.132. The van der Waals surface area contributed by atoms with Gasteiger partial charge in [0.05, 0.1) is 11.7 Å². The molecule has 28 heavy (non-hydrogen) atoms. The number of nitrogens with zero attached hydrogens (tertiary/aromatic N) is 2. The van der Waals surface area contributed by atoms with Crippen LogP contribution in [0.25, 0.3) is 0 Å². The minimum atomic E-state index is -1.30. The third kappa shape index (κ3) is 4.09. The molecule has 2 aliphatic carbocycles. The minimum absolute atomic E-state index is 0.0181. The summed E-state index contributed by atoms with van der Waals surface area (Å²) in [4.78, 5) is 4.73. The molecule has 0 spiro atoms. The Morgan fingerprint density at radius 3 is 2.32 bits per heavy atom. The molecule has 0 bridgehead atoms. The molecule has 3 rings (SSSR count). The van der Waals surface area contributed by atoms with Crippen molar-refractivity contribution >= 4 is 21.9 Å². The Bertz CT molecular complexity index is 798. The first-order valence-corrected chi connectivity index (χ1v) is 13.1. The first kappa shape index (κ1) is 21.9. The van der Waals surface area contributed by atoms with E-state index in [1.807, 2.05) is 0 Å². The molecule has 0 radical (unpaired) electrons. The van der Waals surface area contributed by atoms with Crippen molar-refractivity contribution in [3.8, 4) is 6.07 Å². The lowest BCUT2D eigenvalue weighted by Gasteiger charge is -2.49. The summed E-state index contributed by atoms with van der Waals surface area (Å²) in [5, 5.41) is 10.3. The van der Waals surface area contributed by atoms with Crippen LogP contribution in [0.2, 0.25) is 5.15 Å². The maximum absolute atomic E-state index is 9.90. The molecule has 5 heteroatoms. The lowest BCUT2D eigenvalue weighted by Crippen LogP contribution is -2.33. The van der Waals surface area contributed by atoms with Crippen LogP contribution >= 0.6 is 21.9 Å². The molecule has 3 nitrogen and oxygen atoms in total. The SMILES string of the molecule is CC1(C)Cc2nc(Cl)c(C#N)c(C3CCCC3)c2C(OS(C)(C)C(C)(C)C)C1. The maximum Gasteiger partial charge on any atom is 0.147 e. The highest BCUT2D eigenvalue weighted by molar-refractivity contribution is 8.29. The van der Waals surface area contributed by atoms with Crippen LogP contribution in [-0.4, -0.2) is 22.2 Å². The molecule has 1 aromatic rings. The Balaban J connectivity index is 2.19. The van der Waals surface area contributed by atoms with Gasteiger partial charge in [0.2, 0.25) is 0 Å². The molecule has 1 fully saturated rings. The highest BCUT2D eigenvalue weighted by Gasteiger charge is 2.42. The Morgan fingerprint density at radius 2 is 1.79 bits per heavy atom. The fourth-order valence-electron chi connectivity index (χ4n) is 4.52. The molecule has 1 aromatic heterocycles.